The summed E-state index contributed by atoms with van der Waals surface area (Å²) in [5, 5.41) is 0. The molecule has 1 heterocycles. The molecule has 1 aliphatic rings. The predicted octanol–water partition coefficient (Wildman–Crippen LogP) is -1.18. The van der Waals surface area contributed by atoms with Crippen LogP contribution >= 0.6 is 0 Å². The van der Waals surface area contributed by atoms with E-state index in [1.807, 2.05) is 0 Å². The van der Waals surface area contributed by atoms with Crippen LogP contribution in [0, 0.1) is 0 Å². The summed E-state index contributed by atoms with van der Waals surface area (Å²) in [6.45, 7) is 4.53. The average molecular weight is 188 g/mol. The van der Waals surface area contributed by atoms with Crippen molar-refractivity contribution in [1.82, 2.24) is 4.90 Å². The fourth-order valence-corrected chi connectivity index (χ4v) is 1.17. The second kappa shape index (κ2) is 5.90. The molecule has 0 saturated carbocycles. The summed E-state index contributed by atoms with van der Waals surface area (Å²) in [4.78, 5) is 12.9. The predicted molar refractivity (Wildman–Crippen MR) is 47.3 cm³/mol. The second-order valence-corrected chi connectivity index (χ2v) is 2.88. The zero-order valence-electron chi connectivity index (χ0n) is 7.70. The number of hydrogen-bond donors (Lipinski definition) is 1. The fourth-order valence-electron chi connectivity index (χ4n) is 1.17. The summed E-state index contributed by atoms with van der Waals surface area (Å²) >= 11 is 0. The minimum absolute atomic E-state index is 0.0386. The van der Waals surface area contributed by atoms with Crippen LogP contribution in [0.3, 0.4) is 0 Å². The van der Waals surface area contributed by atoms with Gasteiger partial charge in [0, 0.05) is 19.6 Å². The van der Waals surface area contributed by atoms with Crippen LogP contribution in [-0.4, -0.2) is 56.9 Å². The summed E-state index contributed by atoms with van der Waals surface area (Å²) < 4.78 is 10.0. The second-order valence-electron chi connectivity index (χ2n) is 2.88. The van der Waals surface area contributed by atoms with Gasteiger partial charge in [-0.1, -0.05) is 0 Å². The molecule has 0 aliphatic carbocycles. The zero-order valence-corrected chi connectivity index (χ0v) is 7.70. The number of nitrogens with zero attached hydrogens (tertiary/aromatic N) is 1. The number of ether oxygens (including phenoxy) is 2. The first-order valence-electron chi connectivity index (χ1n) is 4.48. The quantitative estimate of drug-likeness (QED) is 0.563. The highest BCUT2D eigenvalue weighted by atomic mass is 16.5. The van der Waals surface area contributed by atoms with Crippen molar-refractivity contribution in [2.24, 2.45) is 5.73 Å². The van der Waals surface area contributed by atoms with Gasteiger partial charge < -0.3 is 15.2 Å². The van der Waals surface area contributed by atoms with E-state index in [2.05, 4.69) is 4.90 Å². The van der Waals surface area contributed by atoms with Gasteiger partial charge >= 0.3 is 5.97 Å². The van der Waals surface area contributed by atoms with Crippen LogP contribution in [0.15, 0.2) is 0 Å². The molecule has 0 spiro atoms. The third-order valence-electron chi connectivity index (χ3n) is 1.94. The standard InChI is InChI=1S/C8H16N2O3/c9-7-8(11)13-6-3-10-1-4-12-5-2-10/h1-7,9H2. The lowest BCUT2D eigenvalue weighted by atomic mass is 10.4. The number of nitrogens with two attached hydrogens (primary N) is 1. The fraction of sp³-hybridized carbons (Fsp3) is 0.875. The number of carbonyl (C=O) groups is 1. The van der Waals surface area contributed by atoms with Crippen LogP contribution in [0.25, 0.3) is 0 Å². The van der Waals surface area contributed by atoms with Crippen molar-refractivity contribution in [3.8, 4) is 0 Å². The van der Waals surface area contributed by atoms with Gasteiger partial charge in [0.1, 0.15) is 6.61 Å². The summed E-state index contributed by atoms with van der Waals surface area (Å²) in [6, 6.07) is 0. The van der Waals surface area contributed by atoms with Gasteiger partial charge in [-0.2, -0.15) is 0 Å². The topological polar surface area (TPSA) is 64.8 Å². The zero-order chi connectivity index (χ0) is 9.52. The third-order valence-corrected chi connectivity index (χ3v) is 1.94. The van der Waals surface area contributed by atoms with Crippen LogP contribution in [0.5, 0.6) is 0 Å². The lowest BCUT2D eigenvalue weighted by Gasteiger charge is -2.26. The van der Waals surface area contributed by atoms with Crippen molar-refractivity contribution in [3.05, 3.63) is 0 Å². The molecule has 1 aliphatic heterocycles. The van der Waals surface area contributed by atoms with Gasteiger partial charge in [0.05, 0.1) is 19.8 Å². The average Bonchev–Trinajstić information content (AvgIpc) is 2.19. The molecule has 0 amide bonds. The van der Waals surface area contributed by atoms with Gasteiger partial charge in [-0.15, -0.1) is 0 Å². The molecule has 0 unspecified atom stereocenters. The van der Waals surface area contributed by atoms with Crippen molar-refractivity contribution in [3.63, 3.8) is 0 Å². The van der Waals surface area contributed by atoms with E-state index in [0.29, 0.717) is 6.61 Å². The minimum atomic E-state index is -0.340. The lowest BCUT2D eigenvalue weighted by molar-refractivity contribution is -0.142. The van der Waals surface area contributed by atoms with Crippen molar-refractivity contribution in [2.75, 3.05) is 46.0 Å². The molecule has 1 fully saturated rings. The molecule has 2 N–H and O–H groups in total. The SMILES string of the molecule is NCC(=O)OCCN1CCOCC1. The lowest BCUT2D eigenvalue weighted by Crippen LogP contribution is -2.38. The van der Waals surface area contributed by atoms with E-state index in [1.54, 1.807) is 0 Å². The molecule has 76 valence electrons. The molecule has 0 aromatic carbocycles. The maximum Gasteiger partial charge on any atom is 0.319 e. The molecule has 5 heteroatoms. The Morgan fingerprint density at radius 3 is 2.77 bits per heavy atom. The molecule has 0 radical (unpaired) electrons. The highest BCUT2D eigenvalue weighted by molar-refractivity contribution is 5.71. The van der Waals surface area contributed by atoms with Crippen LogP contribution in [0.1, 0.15) is 0 Å². The van der Waals surface area contributed by atoms with Gasteiger partial charge in [-0.3, -0.25) is 9.69 Å². The highest BCUT2D eigenvalue weighted by Crippen LogP contribution is 1.95. The Hall–Kier alpha value is -0.650. The summed E-state index contributed by atoms with van der Waals surface area (Å²) in [5.74, 6) is -0.340. The van der Waals surface area contributed by atoms with Gasteiger partial charge in [0.2, 0.25) is 0 Å². The van der Waals surface area contributed by atoms with Gasteiger partial charge in [0.25, 0.3) is 0 Å². The highest BCUT2D eigenvalue weighted by Gasteiger charge is 2.10. The van der Waals surface area contributed by atoms with Crippen molar-refractivity contribution in [1.29, 1.82) is 0 Å². The molecule has 1 rings (SSSR count). The molecule has 1 saturated heterocycles. The smallest absolute Gasteiger partial charge is 0.319 e. The van der Waals surface area contributed by atoms with Crippen LogP contribution in [0.2, 0.25) is 0 Å². The largest absolute Gasteiger partial charge is 0.463 e. The first-order chi connectivity index (χ1) is 6.33. The third kappa shape index (κ3) is 4.21. The summed E-state index contributed by atoms with van der Waals surface area (Å²) in [5.41, 5.74) is 5.08. The molecular formula is C8H16N2O3. The number of carbonyl (C=O) groups excluding carboxylic acids is 1. The van der Waals surface area contributed by atoms with E-state index in [4.69, 9.17) is 15.2 Å². The van der Waals surface area contributed by atoms with E-state index in [0.717, 1.165) is 32.8 Å². The van der Waals surface area contributed by atoms with Gasteiger partial charge in [-0.05, 0) is 0 Å². The number of morpholine rings is 1. The summed E-state index contributed by atoms with van der Waals surface area (Å²) in [6.07, 6.45) is 0. The molecule has 0 aromatic rings. The van der Waals surface area contributed by atoms with E-state index in [9.17, 15) is 4.79 Å². The van der Waals surface area contributed by atoms with Crippen molar-refractivity contribution < 1.29 is 14.3 Å². The van der Waals surface area contributed by atoms with E-state index < -0.39 is 0 Å². The molecule has 0 atom stereocenters. The maximum absolute atomic E-state index is 10.7. The Bertz CT molecular complexity index is 157. The first-order valence-corrected chi connectivity index (χ1v) is 4.48. The molecule has 13 heavy (non-hydrogen) atoms. The summed E-state index contributed by atoms with van der Waals surface area (Å²) in [7, 11) is 0. The Labute approximate surface area is 77.8 Å². The normalized spacial score (nSPS) is 18.5. The number of rotatable bonds is 4. The van der Waals surface area contributed by atoms with Gasteiger partial charge in [0.15, 0.2) is 0 Å². The van der Waals surface area contributed by atoms with Crippen molar-refractivity contribution in [2.45, 2.75) is 0 Å². The Balaban J connectivity index is 2.01. The Morgan fingerprint density at radius 1 is 1.46 bits per heavy atom. The van der Waals surface area contributed by atoms with Crippen molar-refractivity contribution >= 4 is 5.97 Å². The molecule has 0 aromatic heterocycles. The van der Waals surface area contributed by atoms with Crippen LogP contribution < -0.4 is 5.73 Å². The van der Waals surface area contributed by atoms with E-state index in [-0.39, 0.29) is 12.5 Å². The Kier molecular flexibility index (Phi) is 4.74. The van der Waals surface area contributed by atoms with Gasteiger partial charge in [-0.25, -0.2) is 0 Å². The first kappa shape index (κ1) is 10.4. The van der Waals surface area contributed by atoms with E-state index in [1.165, 1.54) is 0 Å². The monoisotopic (exact) mass is 188 g/mol. The maximum atomic E-state index is 10.7. The number of esters is 1. The van der Waals surface area contributed by atoms with Crippen LogP contribution in [-0.2, 0) is 14.3 Å². The molecular weight excluding hydrogens is 172 g/mol. The van der Waals surface area contributed by atoms with Crippen LogP contribution in [0.4, 0.5) is 0 Å². The van der Waals surface area contributed by atoms with E-state index >= 15 is 0 Å². The minimum Gasteiger partial charge on any atom is -0.463 e. The molecule has 5 nitrogen and oxygen atoms in total. The number of hydrogen-bond acceptors (Lipinski definition) is 5. The Morgan fingerprint density at radius 2 is 2.15 bits per heavy atom. The molecule has 0 bridgehead atoms.